The molecule has 0 fully saturated rings. The van der Waals surface area contributed by atoms with Gasteiger partial charge in [-0.25, -0.2) is 4.79 Å². The number of Topliss-reactive ketones (excluding diaryl/α,β-unsaturated/α-hetero) is 1. The Bertz CT molecular complexity index is 677. The number of hydrogen-bond donors (Lipinski definition) is 3. The number of aromatic amines is 1. The topological polar surface area (TPSA) is 116 Å². The third kappa shape index (κ3) is 3.24. The molecule has 0 saturated heterocycles. The fraction of sp³-hybridized carbons (Fsp3) is 0.467. The molecular formula is C15H18N2O5. The normalized spacial score (nSPS) is 15.0. The Balaban J connectivity index is 2.30. The Labute approximate surface area is 126 Å². The van der Waals surface area contributed by atoms with Gasteiger partial charge in [-0.2, -0.15) is 0 Å². The Morgan fingerprint density at radius 3 is 2.73 bits per heavy atom. The van der Waals surface area contributed by atoms with E-state index in [2.05, 4.69) is 10.3 Å². The van der Waals surface area contributed by atoms with Crippen LogP contribution in [0.2, 0.25) is 0 Å². The van der Waals surface area contributed by atoms with E-state index in [1.54, 1.807) is 6.92 Å². The minimum atomic E-state index is -1.15. The minimum Gasteiger partial charge on any atom is -0.480 e. The van der Waals surface area contributed by atoms with E-state index < -0.39 is 23.5 Å². The van der Waals surface area contributed by atoms with Crippen LogP contribution in [0.15, 0.2) is 10.9 Å². The van der Waals surface area contributed by atoms with E-state index in [-0.39, 0.29) is 17.8 Å². The maximum absolute atomic E-state index is 12.1. The number of aromatic nitrogens is 1. The van der Waals surface area contributed by atoms with Crippen molar-refractivity contribution in [2.45, 2.75) is 45.1 Å². The molecule has 0 aromatic carbocycles. The summed E-state index contributed by atoms with van der Waals surface area (Å²) in [6, 6.07) is 0.221. The van der Waals surface area contributed by atoms with Gasteiger partial charge in [0.2, 0.25) is 0 Å². The maximum atomic E-state index is 12.1. The average Bonchev–Trinajstić information content (AvgIpc) is 2.46. The van der Waals surface area contributed by atoms with Gasteiger partial charge >= 0.3 is 5.97 Å². The quantitative estimate of drug-likeness (QED) is 0.746. The zero-order valence-corrected chi connectivity index (χ0v) is 12.3. The number of pyridine rings is 1. The van der Waals surface area contributed by atoms with Crippen molar-refractivity contribution in [3.8, 4) is 0 Å². The van der Waals surface area contributed by atoms with Gasteiger partial charge < -0.3 is 15.4 Å². The maximum Gasteiger partial charge on any atom is 0.326 e. The summed E-state index contributed by atoms with van der Waals surface area (Å²) in [6.07, 6.45) is 2.49. The first-order valence-electron chi connectivity index (χ1n) is 7.27. The molecule has 2 rings (SSSR count). The summed E-state index contributed by atoms with van der Waals surface area (Å²) in [5.41, 5.74) is 0.0578. The Kier molecular flexibility index (Phi) is 4.75. The van der Waals surface area contributed by atoms with E-state index in [4.69, 9.17) is 5.11 Å². The van der Waals surface area contributed by atoms with Crippen molar-refractivity contribution in [1.29, 1.82) is 0 Å². The summed E-state index contributed by atoms with van der Waals surface area (Å²) >= 11 is 0. The second-order valence-electron chi connectivity index (χ2n) is 5.33. The van der Waals surface area contributed by atoms with Crippen molar-refractivity contribution < 1.29 is 19.5 Å². The van der Waals surface area contributed by atoms with Crippen LogP contribution in [0.4, 0.5) is 0 Å². The standard InChI is InChI=1S/C15H18N2O5/c1-2-4-11(15(21)22)17-14(20)9-7-8-10(16-13(9)19)5-3-6-12(8)18/h7,11H,2-6H2,1H3,(H,16,19)(H,17,20)(H,21,22). The fourth-order valence-electron chi connectivity index (χ4n) is 2.53. The van der Waals surface area contributed by atoms with Gasteiger partial charge in [0.1, 0.15) is 11.6 Å². The van der Waals surface area contributed by atoms with Crippen molar-refractivity contribution >= 4 is 17.7 Å². The van der Waals surface area contributed by atoms with E-state index in [1.165, 1.54) is 6.07 Å². The number of ketones is 1. The van der Waals surface area contributed by atoms with Gasteiger partial charge in [0.15, 0.2) is 5.78 Å². The molecule has 1 amide bonds. The molecule has 1 unspecified atom stereocenters. The van der Waals surface area contributed by atoms with E-state index in [1.807, 2.05) is 0 Å². The SMILES string of the molecule is CCCC(NC(=O)c1cc2c([nH]c1=O)CCCC2=O)C(=O)O. The number of aryl methyl sites for hydroxylation is 1. The second kappa shape index (κ2) is 6.55. The highest BCUT2D eigenvalue weighted by molar-refractivity contribution is 6.02. The number of carbonyl (C=O) groups is 3. The van der Waals surface area contributed by atoms with E-state index in [0.717, 1.165) is 0 Å². The summed E-state index contributed by atoms with van der Waals surface area (Å²) in [4.78, 5) is 49.6. The van der Waals surface area contributed by atoms with Crippen LogP contribution in [0, 0.1) is 0 Å². The number of carboxylic acids is 1. The number of carbonyl (C=O) groups excluding carboxylic acids is 2. The van der Waals surface area contributed by atoms with Crippen LogP contribution >= 0.6 is 0 Å². The number of carboxylic acid groups (broad SMARTS) is 1. The number of fused-ring (bicyclic) bond motifs is 1. The molecule has 1 aromatic heterocycles. The van der Waals surface area contributed by atoms with E-state index in [0.29, 0.717) is 36.9 Å². The van der Waals surface area contributed by atoms with Gasteiger partial charge in [-0.15, -0.1) is 0 Å². The average molecular weight is 306 g/mol. The highest BCUT2D eigenvalue weighted by atomic mass is 16.4. The predicted molar refractivity (Wildman–Crippen MR) is 78.1 cm³/mol. The molecule has 1 aliphatic rings. The lowest BCUT2D eigenvalue weighted by atomic mass is 9.93. The molecule has 0 spiro atoms. The lowest BCUT2D eigenvalue weighted by Gasteiger charge is -2.16. The summed E-state index contributed by atoms with van der Waals surface area (Å²) in [5.74, 6) is -2.04. The van der Waals surface area contributed by atoms with Gasteiger partial charge in [-0.05, 0) is 25.3 Å². The van der Waals surface area contributed by atoms with Crippen LogP contribution in [0.5, 0.6) is 0 Å². The first kappa shape index (κ1) is 15.9. The molecule has 7 heteroatoms. The van der Waals surface area contributed by atoms with Crippen LogP contribution in [0.3, 0.4) is 0 Å². The molecule has 1 heterocycles. The summed E-state index contributed by atoms with van der Waals surface area (Å²) in [6.45, 7) is 1.80. The largest absolute Gasteiger partial charge is 0.480 e. The summed E-state index contributed by atoms with van der Waals surface area (Å²) in [5, 5.41) is 11.4. The number of amides is 1. The monoisotopic (exact) mass is 306 g/mol. The predicted octanol–water partition coefficient (Wildman–Crippen LogP) is 0.877. The van der Waals surface area contributed by atoms with Gasteiger partial charge in [-0.3, -0.25) is 14.4 Å². The highest BCUT2D eigenvalue weighted by Gasteiger charge is 2.25. The molecule has 3 N–H and O–H groups in total. The molecule has 1 aliphatic carbocycles. The first-order chi connectivity index (χ1) is 10.4. The van der Waals surface area contributed by atoms with Crippen molar-refractivity contribution in [3.63, 3.8) is 0 Å². The van der Waals surface area contributed by atoms with E-state index in [9.17, 15) is 19.2 Å². The molecule has 1 atom stereocenters. The molecule has 22 heavy (non-hydrogen) atoms. The molecule has 0 radical (unpaired) electrons. The third-order valence-electron chi connectivity index (χ3n) is 3.68. The van der Waals surface area contributed by atoms with Crippen LogP contribution in [-0.2, 0) is 11.2 Å². The molecule has 0 aliphatic heterocycles. The van der Waals surface area contributed by atoms with Crippen molar-refractivity contribution in [1.82, 2.24) is 10.3 Å². The highest BCUT2D eigenvalue weighted by Crippen LogP contribution is 2.18. The Hall–Kier alpha value is -2.44. The van der Waals surface area contributed by atoms with Gasteiger partial charge in [0.05, 0.1) is 0 Å². The van der Waals surface area contributed by atoms with Crippen molar-refractivity contribution in [2.75, 3.05) is 0 Å². The van der Waals surface area contributed by atoms with Crippen LogP contribution < -0.4 is 10.9 Å². The van der Waals surface area contributed by atoms with Gasteiger partial charge in [0.25, 0.3) is 11.5 Å². The fourth-order valence-corrected chi connectivity index (χ4v) is 2.53. The zero-order chi connectivity index (χ0) is 16.3. The lowest BCUT2D eigenvalue weighted by molar-refractivity contribution is -0.139. The van der Waals surface area contributed by atoms with Crippen LogP contribution in [-0.4, -0.2) is 33.8 Å². The number of nitrogens with one attached hydrogen (secondary N) is 2. The van der Waals surface area contributed by atoms with Crippen LogP contribution in [0.25, 0.3) is 0 Å². The van der Waals surface area contributed by atoms with Gasteiger partial charge in [0, 0.05) is 17.7 Å². The number of H-pyrrole nitrogens is 1. The summed E-state index contributed by atoms with van der Waals surface area (Å²) < 4.78 is 0. The molecule has 0 bridgehead atoms. The summed E-state index contributed by atoms with van der Waals surface area (Å²) in [7, 11) is 0. The van der Waals surface area contributed by atoms with Crippen molar-refractivity contribution in [2.24, 2.45) is 0 Å². The minimum absolute atomic E-state index is 0.116. The first-order valence-corrected chi connectivity index (χ1v) is 7.27. The lowest BCUT2D eigenvalue weighted by Crippen LogP contribution is -2.42. The molecule has 118 valence electrons. The van der Waals surface area contributed by atoms with Gasteiger partial charge in [-0.1, -0.05) is 13.3 Å². The number of rotatable bonds is 5. The second-order valence-corrected chi connectivity index (χ2v) is 5.33. The van der Waals surface area contributed by atoms with E-state index >= 15 is 0 Å². The Morgan fingerprint density at radius 1 is 1.36 bits per heavy atom. The molecule has 7 nitrogen and oxygen atoms in total. The van der Waals surface area contributed by atoms with Crippen LogP contribution in [0.1, 0.15) is 59.0 Å². The molecular weight excluding hydrogens is 288 g/mol. The Morgan fingerprint density at radius 2 is 2.09 bits per heavy atom. The number of aliphatic carboxylic acids is 1. The number of hydrogen-bond acceptors (Lipinski definition) is 4. The zero-order valence-electron chi connectivity index (χ0n) is 12.3. The third-order valence-corrected chi connectivity index (χ3v) is 3.68. The van der Waals surface area contributed by atoms with Crippen molar-refractivity contribution in [3.05, 3.63) is 33.2 Å². The molecule has 1 aromatic rings. The molecule has 0 saturated carbocycles. The smallest absolute Gasteiger partial charge is 0.326 e.